The highest BCUT2D eigenvalue weighted by atomic mass is 79.9. The summed E-state index contributed by atoms with van der Waals surface area (Å²) in [5.41, 5.74) is 6.08. The monoisotopic (exact) mass is 452 g/mol. The van der Waals surface area contributed by atoms with Crippen LogP contribution in [0.3, 0.4) is 0 Å². The third kappa shape index (κ3) is 3.63. The molecule has 0 atom stereocenters. The van der Waals surface area contributed by atoms with Crippen LogP contribution in [-0.4, -0.2) is 11.0 Å². The second-order valence-corrected chi connectivity index (χ2v) is 6.42. The van der Waals surface area contributed by atoms with Crippen LogP contribution < -0.4 is 10.5 Å². The van der Waals surface area contributed by atoms with Gasteiger partial charge in [0.05, 0.1) is 15.6 Å². The van der Waals surface area contributed by atoms with Crippen LogP contribution >= 0.6 is 55.1 Å². The lowest BCUT2D eigenvalue weighted by Crippen LogP contribution is -2.15. The molecule has 0 aliphatic rings. The number of hydrogen-bond donors (Lipinski definition) is 2. The third-order valence-corrected chi connectivity index (χ3v) is 4.69. The lowest BCUT2D eigenvalue weighted by molar-refractivity contribution is 0.318. The van der Waals surface area contributed by atoms with Crippen LogP contribution in [0.1, 0.15) is 5.56 Å². The molecule has 0 fully saturated rings. The van der Waals surface area contributed by atoms with Crippen molar-refractivity contribution in [3.05, 3.63) is 54.9 Å². The summed E-state index contributed by atoms with van der Waals surface area (Å²) < 4.78 is 7.02. The fraction of sp³-hybridized carbons (Fsp3) is 0. The minimum absolute atomic E-state index is 0.0863. The van der Waals surface area contributed by atoms with Crippen molar-refractivity contribution in [3.63, 3.8) is 0 Å². The van der Waals surface area contributed by atoms with Crippen LogP contribution in [-0.2, 0) is 0 Å². The Morgan fingerprint density at radius 3 is 2.48 bits per heavy atom. The lowest BCUT2D eigenvalue weighted by atomic mass is 10.2. The van der Waals surface area contributed by atoms with Crippen molar-refractivity contribution in [2.75, 3.05) is 0 Å². The Bertz CT molecular complexity index is 724. The summed E-state index contributed by atoms with van der Waals surface area (Å²) in [6, 6.07) is 8.37. The summed E-state index contributed by atoms with van der Waals surface area (Å²) in [5.74, 6) is 0.645. The highest BCUT2D eigenvalue weighted by molar-refractivity contribution is 9.10. The summed E-state index contributed by atoms with van der Waals surface area (Å²) in [6.07, 6.45) is 0. The average molecular weight is 455 g/mol. The van der Waals surface area contributed by atoms with Gasteiger partial charge in [0.25, 0.3) is 0 Å². The summed E-state index contributed by atoms with van der Waals surface area (Å²) in [7, 11) is 0. The van der Waals surface area contributed by atoms with Crippen molar-refractivity contribution >= 4 is 60.9 Å². The van der Waals surface area contributed by atoms with Crippen molar-refractivity contribution in [2.24, 2.45) is 10.9 Å². The van der Waals surface area contributed by atoms with Gasteiger partial charge in [0.2, 0.25) is 0 Å². The molecular weight excluding hydrogens is 447 g/mol. The van der Waals surface area contributed by atoms with Gasteiger partial charge in [-0.15, -0.1) is 0 Å². The lowest BCUT2D eigenvalue weighted by Gasteiger charge is -2.13. The molecule has 0 spiro atoms. The van der Waals surface area contributed by atoms with Crippen molar-refractivity contribution in [1.82, 2.24) is 0 Å². The fourth-order valence-electron chi connectivity index (χ4n) is 1.59. The first kappa shape index (κ1) is 16.4. The molecule has 0 amide bonds. The van der Waals surface area contributed by atoms with Crippen molar-refractivity contribution in [2.45, 2.75) is 0 Å². The van der Waals surface area contributed by atoms with E-state index in [2.05, 4.69) is 37.0 Å². The van der Waals surface area contributed by atoms with E-state index >= 15 is 0 Å². The van der Waals surface area contributed by atoms with E-state index < -0.39 is 0 Å². The maximum atomic E-state index is 8.87. The van der Waals surface area contributed by atoms with Crippen molar-refractivity contribution in [3.8, 4) is 11.5 Å². The molecule has 21 heavy (non-hydrogen) atoms. The molecule has 8 heteroatoms. The van der Waals surface area contributed by atoms with Crippen LogP contribution in [0.25, 0.3) is 0 Å². The number of oxime groups is 1. The van der Waals surface area contributed by atoms with Crippen molar-refractivity contribution < 1.29 is 9.94 Å². The zero-order valence-corrected chi connectivity index (χ0v) is 15.0. The predicted molar refractivity (Wildman–Crippen MR) is 90.9 cm³/mol. The second-order valence-electron chi connectivity index (χ2n) is 3.90. The van der Waals surface area contributed by atoms with Crippen LogP contribution in [0.2, 0.25) is 10.0 Å². The highest BCUT2D eigenvalue weighted by Gasteiger charge is 2.15. The summed E-state index contributed by atoms with van der Waals surface area (Å²) in [6.45, 7) is 0. The molecule has 4 nitrogen and oxygen atoms in total. The maximum Gasteiger partial charge on any atom is 0.175 e. The second kappa shape index (κ2) is 6.87. The number of nitrogens with zero attached hydrogens (tertiary/aromatic N) is 1. The average Bonchev–Trinajstić information content (AvgIpc) is 2.44. The zero-order chi connectivity index (χ0) is 15.6. The molecule has 2 rings (SSSR count). The van der Waals surface area contributed by atoms with Crippen LogP contribution in [0.15, 0.2) is 44.4 Å². The molecule has 2 aromatic rings. The molecule has 2 aromatic carbocycles. The minimum atomic E-state index is -0.0863. The van der Waals surface area contributed by atoms with Gasteiger partial charge < -0.3 is 15.7 Å². The molecule has 0 heterocycles. The number of rotatable bonds is 3. The molecule has 0 unspecified atom stereocenters. The number of nitrogens with two attached hydrogens (primary N) is 1. The highest BCUT2D eigenvalue weighted by Crippen LogP contribution is 2.38. The third-order valence-electron chi connectivity index (χ3n) is 2.53. The topological polar surface area (TPSA) is 67.8 Å². The van der Waals surface area contributed by atoms with E-state index in [1.165, 1.54) is 0 Å². The molecule has 0 saturated heterocycles. The van der Waals surface area contributed by atoms with Gasteiger partial charge in [-0.25, -0.2) is 0 Å². The molecule has 0 aliphatic carbocycles. The summed E-state index contributed by atoms with van der Waals surface area (Å²) >= 11 is 18.8. The first-order chi connectivity index (χ1) is 9.93. The molecule has 0 aliphatic heterocycles. The van der Waals surface area contributed by atoms with Gasteiger partial charge in [-0.1, -0.05) is 34.4 Å². The molecule has 0 bridgehead atoms. The van der Waals surface area contributed by atoms with E-state index in [4.69, 9.17) is 38.9 Å². The first-order valence-corrected chi connectivity index (χ1v) is 7.87. The van der Waals surface area contributed by atoms with Crippen LogP contribution in [0.4, 0.5) is 0 Å². The number of halogens is 4. The Hall–Kier alpha value is -0.950. The first-order valence-electron chi connectivity index (χ1n) is 5.53. The quantitative estimate of drug-likeness (QED) is 0.214. The van der Waals surface area contributed by atoms with E-state index in [9.17, 15) is 0 Å². The summed E-state index contributed by atoms with van der Waals surface area (Å²) in [5, 5.41) is 12.7. The van der Waals surface area contributed by atoms with Crippen LogP contribution in [0, 0.1) is 0 Å². The van der Waals surface area contributed by atoms with Gasteiger partial charge in [0.15, 0.2) is 5.84 Å². The molecule has 0 aromatic heterocycles. The van der Waals surface area contributed by atoms with E-state index in [0.29, 0.717) is 36.1 Å². The normalized spacial score (nSPS) is 11.5. The Balaban J connectivity index is 2.50. The predicted octanol–water partition coefficient (Wildman–Crippen LogP) is 5.41. The SMILES string of the molecule is N/C(=N/O)c1c(Br)cccc1Oc1cc(Cl)c(Br)cc1Cl. The Morgan fingerprint density at radius 2 is 1.81 bits per heavy atom. The fourth-order valence-corrected chi connectivity index (χ4v) is 2.97. The Labute approximate surface area is 147 Å². The number of benzene rings is 2. The minimum Gasteiger partial charge on any atom is -0.455 e. The van der Waals surface area contributed by atoms with Gasteiger partial charge in [0, 0.05) is 15.0 Å². The van der Waals surface area contributed by atoms with Gasteiger partial charge in [-0.2, -0.15) is 0 Å². The zero-order valence-electron chi connectivity index (χ0n) is 10.3. The molecular formula is C13H8Br2Cl2N2O2. The van der Waals surface area contributed by atoms with Gasteiger partial charge in [0.1, 0.15) is 11.5 Å². The molecule has 110 valence electrons. The van der Waals surface area contributed by atoms with Crippen LogP contribution in [0.5, 0.6) is 11.5 Å². The molecule has 0 radical (unpaired) electrons. The van der Waals surface area contributed by atoms with Gasteiger partial charge >= 0.3 is 0 Å². The standard InChI is InChI=1S/C13H8Br2Cl2N2O2/c14-6-2-1-3-10(12(6)13(18)19-20)21-11-5-8(16)7(15)4-9(11)17/h1-5,20H,(H2,18,19). The van der Waals surface area contributed by atoms with E-state index in [0.717, 1.165) is 0 Å². The molecule has 0 saturated carbocycles. The number of ether oxygens (including phenoxy) is 1. The Morgan fingerprint density at radius 1 is 1.10 bits per heavy atom. The van der Waals surface area contributed by atoms with E-state index in [1.807, 2.05) is 0 Å². The largest absolute Gasteiger partial charge is 0.455 e. The van der Waals surface area contributed by atoms with Crippen molar-refractivity contribution in [1.29, 1.82) is 0 Å². The van der Waals surface area contributed by atoms with Gasteiger partial charge in [-0.05, 0) is 50.1 Å². The summed E-state index contributed by atoms with van der Waals surface area (Å²) in [4.78, 5) is 0. The number of amidine groups is 1. The smallest absolute Gasteiger partial charge is 0.175 e. The van der Waals surface area contributed by atoms with E-state index in [-0.39, 0.29) is 5.84 Å². The number of hydrogen-bond acceptors (Lipinski definition) is 3. The van der Waals surface area contributed by atoms with Gasteiger partial charge in [-0.3, -0.25) is 0 Å². The Kier molecular flexibility index (Phi) is 5.37. The molecule has 3 N–H and O–H groups in total. The maximum absolute atomic E-state index is 8.87. The van der Waals surface area contributed by atoms with E-state index in [1.54, 1.807) is 30.3 Å².